The van der Waals surface area contributed by atoms with Gasteiger partial charge in [-0.15, -0.1) is 0 Å². The van der Waals surface area contributed by atoms with E-state index in [1.807, 2.05) is 0 Å². The molecule has 0 bridgehead atoms. The molecule has 3 nitrogen and oxygen atoms in total. The topological polar surface area (TPSA) is 47.6 Å². The Morgan fingerprint density at radius 2 is 2.50 bits per heavy atom. The Hall–Kier alpha value is -0.830. The lowest BCUT2D eigenvalue weighted by atomic mass is 11.0. The summed E-state index contributed by atoms with van der Waals surface area (Å²) in [4.78, 5) is 7.26. The van der Waals surface area contributed by atoms with Crippen molar-refractivity contribution in [3.05, 3.63) is 12.5 Å². The molecule has 0 atom stereocenters. The molecule has 2 N–H and O–H groups in total. The first-order valence-electron chi connectivity index (χ1n) is 1.38. The van der Waals surface area contributed by atoms with Crippen LogP contribution in [0.15, 0.2) is 17.5 Å². The van der Waals surface area contributed by atoms with Gasteiger partial charge in [-0.25, -0.2) is 0 Å². The summed E-state index contributed by atoms with van der Waals surface area (Å²) in [5.74, 6) is 4.54. The molecule has 0 heterocycles. The van der Waals surface area contributed by atoms with E-state index in [2.05, 4.69) is 22.4 Å². The number of hydrogen-bond acceptors (Lipinski definition) is 3. The first kappa shape index (κ1) is 5.17. The van der Waals surface area contributed by atoms with Crippen LogP contribution in [0.25, 0.3) is 0 Å². The fourth-order valence-electron chi connectivity index (χ4n) is 0.0782. The summed E-state index contributed by atoms with van der Waals surface area (Å²) in [6, 6.07) is 0. The second-order valence-electron chi connectivity index (χ2n) is 0.604. The largest absolute Gasteiger partial charge is 0.418 e. The van der Waals surface area contributed by atoms with Crippen molar-refractivity contribution < 1.29 is 4.84 Å². The molecule has 0 spiro atoms. The first-order chi connectivity index (χ1) is 2.91. The van der Waals surface area contributed by atoms with E-state index in [4.69, 9.17) is 0 Å². The van der Waals surface area contributed by atoms with Gasteiger partial charge in [0.2, 0.25) is 0 Å². The van der Waals surface area contributed by atoms with Gasteiger partial charge in [0, 0.05) is 0 Å². The second-order valence-corrected chi connectivity index (χ2v) is 0.604. The first-order valence-corrected chi connectivity index (χ1v) is 1.38. The van der Waals surface area contributed by atoms with Gasteiger partial charge >= 0.3 is 0 Å². The van der Waals surface area contributed by atoms with Crippen LogP contribution in [0.3, 0.4) is 0 Å². The quantitative estimate of drug-likeness (QED) is 0.293. The molecular weight excluding hydrogens is 80.0 g/mol. The zero-order valence-corrected chi connectivity index (χ0v) is 3.29. The highest BCUT2D eigenvalue weighted by atomic mass is 16.6. The summed E-state index contributed by atoms with van der Waals surface area (Å²) in [6.45, 7) is 3.13. The van der Waals surface area contributed by atoms with Gasteiger partial charge in [0.15, 0.2) is 0 Å². The van der Waals surface area contributed by atoms with Gasteiger partial charge in [-0.05, 0) is 6.72 Å². The Kier molecular flexibility index (Phi) is 3.59. The Balaban J connectivity index is 2.94. The highest BCUT2D eigenvalue weighted by Gasteiger charge is 1.52. The van der Waals surface area contributed by atoms with Gasteiger partial charge in [0.1, 0.15) is 6.26 Å². The summed E-state index contributed by atoms with van der Waals surface area (Å²) in [6.07, 6.45) is 2.58. The van der Waals surface area contributed by atoms with Crippen molar-refractivity contribution in [2.75, 3.05) is 0 Å². The third-order valence-electron chi connectivity index (χ3n) is 0.245. The Morgan fingerprint density at radius 1 is 1.83 bits per heavy atom. The van der Waals surface area contributed by atoms with Gasteiger partial charge in [0.25, 0.3) is 0 Å². The van der Waals surface area contributed by atoms with Crippen molar-refractivity contribution in [1.29, 1.82) is 0 Å². The molecule has 0 amide bonds. The summed E-state index contributed by atoms with van der Waals surface area (Å²) in [5.41, 5.74) is 0. The molecule has 0 aliphatic heterocycles. The Morgan fingerprint density at radius 3 is 2.67 bits per heavy atom. The zero-order chi connectivity index (χ0) is 4.83. The van der Waals surface area contributed by atoms with Crippen molar-refractivity contribution >= 4 is 6.72 Å². The predicted molar refractivity (Wildman–Crippen MR) is 24.0 cm³/mol. The van der Waals surface area contributed by atoms with E-state index in [0.29, 0.717) is 0 Å². The number of nitrogens with two attached hydrogens (primary N) is 1. The Labute approximate surface area is 36.1 Å². The minimum atomic E-state index is 1.23. The maximum absolute atomic E-state index is 4.54. The molecule has 0 aromatic heterocycles. The molecule has 0 aromatic carbocycles. The standard InChI is InChI=1S/C3H6N2O/c1-5-2-3-6-4/h2-3H,1,4H2/b3-2-. The van der Waals surface area contributed by atoms with Crippen LogP contribution < -0.4 is 5.90 Å². The molecule has 0 unspecified atom stereocenters. The van der Waals surface area contributed by atoms with Gasteiger partial charge in [-0.2, -0.15) is 5.90 Å². The molecule has 34 valence electrons. The minimum Gasteiger partial charge on any atom is -0.418 e. The van der Waals surface area contributed by atoms with E-state index in [9.17, 15) is 0 Å². The van der Waals surface area contributed by atoms with Crippen LogP contribution in [0.1, 0.15) is 0 Å². The van der Waals surface area contributed by atoms with Crippen molar-refractivity contribution in [2.24, 2.45) is 10.9 Å². The van der Waals surface area contributed by atoms with Crippen LogP contribution >= 0.6 is 0 Å². The van der Waals surface area contributed by atoms with E-state index in [0.717, 1.165) is 0 Å². The average Bonchev–Trinajstić information content (AvgIpc) is 1.61. The summed E-state index contributed by atoms with van der Waals surface area (Å²) >= 11 is 0. The van der Waals surface area contributed by atoms with Crippen molar-refractivity contribution in [2.45, 2.75) is 0 Å². The molecular formula is C3H6N2O. The molecule has 6 heavy (non-hydrogen) atoms. The van der Waals surface area contributed by atoms with Gasteiger partial charge < -0.3 is 4.84 Å². The average molecular weight is 86.1 g/mol. The van der Waals surface area contributed by atoms with Gasteiger partial charge in [0.05, 0.1) is 6.20 Å². The third-order valence-corrected chi connectivity index (χ3v) is 0.245. The smallest absolute Gasteiger partial charge is 0.129 e. The van der Waals surface area contributed by atoms with E-state index >= 15 is 0 Å². The van der Waals surface area contributed by atoms with Crippen molar-refractivity contribution in [3.63, 3.8) is 0 Å². The SMILES string of the molecule is C=N/C=C\ON. The Bertz CT molecular complexity index is 59.8. The predicted octanol–water partition coefficient (Wildman–Crippen LogP) is 0.0485. The van der Waals surface area contributed by atoms with Crippen LogP contribution in [0.5, 0.6) is 0 Å². The van der Waals surface area contributed by atoms with Gasteiger partial charge in [-0.1, -0.05) is 0 Å². The molecule has 3 heteroatoms. The lowest BCUT2D eigenvalue weighted by Crippen LogP contribution is -1.86. The molecule has 0 aliphatic carbocycles. The highest BCUT2D eigenvalue weighted by Crippen LogP contribution is 1.65. The van der Waals surface area contributed by atoms with E-state index in [1.54, 1.807) is 0 Å². The number of rotatable bonds is 2. The van der Waals surface area contributed by atoms with Gasteiger partial charge in [-0.3, -0.25) is 4.99 Å². The molecule has 0 radical (unpaired) electrons. The summed E-state index contributed by atoms with van der Waals surface area (Å²) in [7, 11) is 0. The number of hydrogen-bond donors (Lipinski definition) is 1. The molecule has 0 saturated carbocycles. The number of nitrogens with zero attached hydrogens (tertiary/aromatic N) is 1. The molecule has 0 rings (SSSR count). The van der Waals surface area contributed by atoms with Crippen molar-refractivity contribution in [3.8, 4) is 0 Å². The third kappa shape index (κ3) is 3.17. The second kappa shape index (κ2) is 4.17. The normalized spacial score (nSPS) is 8.83. The maximum atomic E-state index is 4.54. The van der Waals surface area contributed by atoms with Crippen LogP contribution in [-0.4, -0.2) is 6.72 Å². The van der Waals surface area contributed by atoms with E-state index in [-0.39, 0.29) is 0 Å². The molecule has 0 saturated heterocycles. The van der Waals surface area contributed by atoms with E-state index < -0.39 is 0 Å². The highest BCUT2D eigenvalue weighted by molar-refractivity contribution is 5.25. The minimum absolute atomic E-state index is 1.23. The van der Waals surface area contributed by atoms with Crippen LogP contribution in [0.4, 0.5) is 0 Å². The van der Waals surface area contributed by atoms with Crippen LogP contribution in [0, 0.1) is 0 Å². The van der Waals surface area contributed by atoms with Crippen LogP contribution in [-0.2, 0) is 4.84 Å². The molecule has 0 fully saturated rings. The van der Waals surface area contributed by atoms with E-state index in [1.165, 1.54) is 12.5 Å². The zero-order valence-electron chi connectivity index (χ0n) is 3.29. The monoisotopic (exact) mass is 86.0 g/mol. The fourth-order valence-corrected chi connectivity index (χ4v) is 0.0782. The van der Waals surface area contributed by atoms with Crippen molar-refractivity contribution in [1.82, 2.24) is 0 Å². The summed E-state index contributed by atoms with van der Waals surface area (Å²) < 4.78 is 0. The number of aliphatic imine (C=N–C) groups is 1. The lowest BCUT2D eigenvalue weighted by molar-refractivity contribution is 0.260. The summed E-state index contributed by atoms with van der Waals surface area (Å²) in [5, 5.41) is 0. The van der Waals surface area contributed by atoms with Crippen LogP contribution in [0.2, 0.25) is 0 Å². The molecule has 0 aromatic rings. The lowest BCUT2D eigenvalue weighted by Gasteiger charge is -1.76. The maximum Gasteiger partial charge on any atom is 0.129 e. The fraction of sp³-hybridized carbons (Fsp3) is 0. The molecule has 0 aliphatic rings.